The normalized spacial score (nSPS) is 13.7. The summed E-state index contributed by atoms with van der Waals surface area (Å²) in [4.78, 5) is 0. The fourth-order valence-corrected chi connectivity index (χ4v) is 2.00. The summed E-state index contributed by atoms with van der Waals surface area (Å²) in [5.41, 5.74) is 1.14. The van der Waals surface area contributed by atoms with Crippen molar-refractivity contribution in [2.75, 3.05) is 28.2 Å². The zero-order valence-electron chi connectivity index (χ0n) is 12.7. The maximum absolute atomic E-state index is 11.5. The Bertz CT molecular complexity index is 697. The largest absolute Gasteiger partial charge is 0.321 e. The first-order valence-electron chi connectivity index (χ1n) is 6.10. The highest BCUT2D eigenvalue weighted by Gasteiger charge is 2.10. The maximum atomic E-state index is 11.5. The lowest BCUT2D eigenvalue weighted by Crippen LogP contribution is -2.19. The van der Waals surface area contributed by atoms with Crippen LogP contribution in [0, 0.1) is 0 Å². The van der Waals surface area contributed by atoms with Crippen molar-refractivity contribution in [2.24, 2.45) is 8.80 Å². The molecule has 0 aliphatic carbocycles. The van der Waals surface area contributed by atoms with Crippen LogP contribution in [-0.4, -0.2) is 66.1 Å². The number of benzene rings is 1. The third-order valence-electron chi connectivity index (χ3n) is 2.53. The van der Waals surface area contributed by atoms with Gasteiger partial charge in [0.2, 0.25) is 0 Å². The SMILES string of the molecule is CN(C)S(=O)(=O)/N=C/c1ccc(/C=N/S(=O)(=O)N(C)C)cc1. The predicted molar refractivity (Wildman–Crippen MR) is 86.8 cm³/mol. The lowest BCUT2D eigenvalue weighted by atomic mass is 10.2. The van der Waals surface area contributed by atoms with Crippen molar-refractivity contribution in [3.63, 3.8) is 0 Å². The third-order valence-corrected chi connectivity index (χ3v) is 5.12. The van der Waals surface area contributed by atoms with Crippen LogP contribution in [0.5, 0.6) is 0 Å². The predicted octanol–water partition coefficient (Wildman–Crippen LogP) is 0.137. The molecule has 0 amide bonds. The molecule has 122 valence electrons. The number of rotatable bonds is 6. The van der Waals surface area contributed by atoms with Crippen LogP contribution in [0.2, 0.25) is 0 Å². The van der Waals surface area contributed by atoms with Crippen LogP contribution >= 0.6 is 0 Å². The molecule has 0 bridgehead atoms. The van der Waals surface area contributed by atoms with Crippen LogP contribution in [0.3, 0.4) is 0 Å². The van der Waals surface area contributed by atoms with Gasteiger partial charge in [-0.05, 0) is 11.1 Å². The van der Waals surface area contributed by atoms with Gasteiger partial charge in [0.15, 0.2) is 0 Å². The first-order chi connectivity index (χ1) is 10.0. The van der Waals surface area contributed by atoms with Crippen LogP contribution in [0.25, 0.3) is 0 Å². The second-order valence-corrected chi connectivity index (χ2v) is 8.33. The summed E-state index contributed by atoms with van der Waals surface area (Å²) in [6, 6.07) is 6.44. The summed E-state index contributed by atoms with van der Waals surface area (Å²) in [5, 5.41) is 0. The Balaban J connectivity index is 2.89. The molecule has 0 aromatic heterocycles. The highest BCUT2D eigenvalue weighted by Crippen LogP contribution is 2.04. The maximum Gasteiger partial charge on any atom is 0.321 e. The van der Waals surface area contributed by atoms with E-state index in [0.29, 0.717) is 11.1 Å². The van der Waals surface area contributed by atoms with Crippen LogP contribution in [0.4, 0.5) is 0 Å². The minimum Gasteiger partial charge on any atom is -0.189 e. The van der Waals surface area contributed by atoms with Crippen molar-refractivity contribution in [2.45, 2.75) is 0 Å². The molecule has 0 atom stereocenters. The monoisotopic (exact) mass is 346 g/mol. The van der Waals surface area contributed by atoms with E-state index < -0.39 is 20.4 Å². The van der Waals surface area contributed by atoms with E-state index in [-0.39, 0.29) is 0 Å². The molecule has 0 heterocycles. The summed E-state index contributed by atoms with van der Waals surface area (Å²) in [6.45, 7) is 0. The number of nitrogens with zero attached hydrogens (tertiary/aromatic N) is 4. The Kier molecular flexibility index (Phi) is 5.94. The molecule has 0 aliphatic rings. The van der Waals surface area contributed by atoms with Crippen molar-refractivity contribution in [1.29, 1.82) is 0 Å². The van der Waals surface area contributed by atoms with Gasteiger partial charge in [-0.1, -0.05) is 24.3 Å². The van der Waals surface area contributed by atoms with Crippen molar-refractivity contribution in [3.05, 3.63) is 35.4 Å². The van der Waals surface area contributed by atoms with E-state index in [2.05, 4.69) is 8.80 Å². The van der Waals surface area contributed by atoms with E-state index in [0.717, 1.165) is 8.61 Å². The van der Waals surface area contributed by atoms with Gasteiger partial charge in [0.05, 0.1) is 0 Å². The highest BCUT2D eigenvalue weighted by molar-refractivity contribution is 7.88. The van der Waals surface area contributed by atoms with Crippen molar-refractivity contribution in [1.82, 2.24) is 8.61 Å². The van der Waals surface area contributed by atoms with E-state index in [1.807, 2.05) is 0 Å². The quantitative estimate of drug-likeness (QED) is 0.684. The molecule has 1 aromatic rings. The second kappa shape index (κ2) is 7.09. The van der Waals surface area contributed by atoms with Gasteiger partial charge in [-0.3, -0.25) is 0 Å². The van der Waals surface area contributed by atoms with Gasteiger partial charge in [0, 0.05) is 40.6 Å². The molecule has 0 saturated carbocycles. The van der Waals surface area contributed by atoms with Crippen LogP contribution in [-0.2, 0) is 20.4 Å². The van der Waals surface area contributed by atoms with Gasteiger partial charge in [-0.15, -0.1) is 0 Å². The highest BCUT2D eigenvalue weighted by atomic mass is 32.2. The van der Waals surface area contributed by atoms with E-state index in [9.17, 15) is 16.8 Å². The third kappa shape index (κ3) is 5.30. The average molecular weight is 346 g/mol. The summed E-state index contributed by atoms with van der Waals surface area (Å²) in [7, 11) is -1.76. The molecule has 0 spiro atoms. The fourth-order valence-electron chi connectivity index (χ4n) is 1.11. The molecule has 0 N–H and O–H groups in total. The Hall–Kier alpha value is -1.62. The molecule has 1 rings (SSSR count). The Morgan fingerprint density at radius 1 is 0.727 bits per heavy atom. The van der Waals surface area contributed by atoms with Gasteiger partial charge in [-0.2, -0.15) is 34.2 Å². The molecule has 0 radical (unpaired) electrons. The smallest absolute Gasteiger partial charge is 0.189 e. The Morgan fingerprint density at radius 2 is 1.00 bits per heavy atom. The number of hydrogen-bond donors (Lipinski definition) is 0. The summed E-state index contributed by atoms with van der Waals surface area (Å²) in [5.74, 6) is 0. The van der Waals surface area contributed by atoms with Gasteiger partial charge in [-0.25, -0.2) is 0 Å². The van der Waals surface area contributed by atoms with Crippen LogP contribution < -0.4 is 0 Å². The average Bonchev–Trinajstić information content (AvgIpc) is 2.44. The molecule has 0 unspecified atom stereocenters. The first kappa shape index (κ1) is 18.4. The molecule has 8 nitrogen and oxygen atoms in total. The minimum absolute atomic E-state index is 0.568. The topological polar surface area (TPSA) is 99.5 Å². The van der Waals surface area contributed by atoms with Gasteiger partial charge in [0.1, 0.15) is 0 Å². The zero-order valence-corrected chi connectivity index (χ0v) is 14.3. The van der Waals surface area contributed by atoms with Gasteiger partial charge in [0.25, 0.3) is 0 Å². The Labute approximate surface area is 131 Å². The first-order valence-corrected chi connectivity index (χ1v) is 8.89. The van der Waals surface area contributed by atoms with Crippen molar-refractivity contribution < 1.29 is 16.8 Å². The van der Waals surface area contributed by atoms with Crippen LogP contribution in [0.1, 0.15) is 11.1 Å². The summed E-state index contributed by atoms with van der Waals surface area (Å²) >= 11 is 0. The standard InChI is InChI=1S/C12H18N4O4S2/c1-15(2)21(17,18)13-9-11-5-7-12(8-6-11)10-14-22(19,20)16(3)4/h5-10H,1-4H3/b13-9+,14-10+. The zero-order chi connectivity index (χ0) is 17.0. The molecule has 0 aliphatic heterocycles. The lowest BCUT2D eigenvalue weighted by molar-refractivity contribution is 0.522. The van der Waals surface area contributed by atoms with E-state index in [4.69, 9.17) is 0 Å². The molecular weight excluding hydrogens is 328 g/mol. The fraction of sp³-hybridized carbons (Fsp3) is 0.333. The minimum atomic E-state index is -3.65. The van der Waals surface area contributed by atoms with Crippen LogP contribution in [0.15, 0.2) is 33.1 Å². The molecule has 22 heavy (non-hydrogen) atoms. The molecule has 10 heteroatoms. The Morgan fingerprint density at radius 3 is 1.23 bits per heavy atom. The molecule has 0 fully saturated rings. The van der Waals surface area contributed by atoms with Crippen molar-refractivity contribution in [3.8, 4) is 0 Å². The van der Waals surface area contributed by atoms with Crippen molar-refractivity contribution >= 4 is 32.8 Å². The lowest BCUT2D eigenvalue weighted by Gasteiger charge is -2.05. The molecular formula is C12H18N4O4S2. The number of hydrogen-bond acceptors (Lipinski definition) is 4. The molecule has 1 aromatic carbocycles. The second-order valence-electron chi connectivity index (χ2n) is 4.66. The summed E-state index contributed by atoms with van der Waals surface area (Å²) < 4.78 is 54.9. The van der Waals surface area contributed by atoms with Gasteiger partial charge >= 0.3 is 20.4 Å². The van der Waals surface area contributed by atoms with E-state index in [1.54, 1.807) is 24.3 Å². The van der Waals surface area contributed by atoms with E-state index >= 15 is 0 Å². The summed E-state index contributed by atoms with van der Waals surface area (Å²) in [6.07, 6.45) is 2.43. The molecule has 0 saturated heterocycles. The van der Waals surface area contributed by atoms with E-state index in [1.165, 1.54) is 40.6 Å². The van der Waals surface area contributed by atoms with Gasteiger partial charge < -0.3 is 0 Å².